The van der Waals surface area contributed by atoms with Crippen LogP contribution in [0.25, 0.3) is 0 Å². The van der Waals surface area contributed by atoms with Gasteiger partial charge in [-0.15, -0.1) is 0 Å². The highest BCUT2D eigenvalue weighted by Crippen LogP contribution is 2.40. The van der Waals surface area contributed by atoms with E-state index in [2.05, 4.69) is 23.8 Å². The number of aromatic nitrogens is 2. The van der Waals surface area contributed by atoms with Gasteiger partial charge in [0.05, 0.1) is 11.4 Å². The van der Waals surface area contributed by atoms with Gasteiger partial charge in [-0.05, 0) is 18.8 Å². The molecule has 0 bridgehead atoms. The van der Waals surface area contributed by atoms with E-state index >= 15 is 0 Å². The molecule has 3 heteroatoms. The minimum absolute atomic E-state index is 0.406. The predicted octanol–water partition coefficient (Wildman–Crippen LogP) is 2.06. The quantitative estimate of drug-likeness (QED) is 0.752. The normalized spacial score (nSPS) is 16.5. The van der Waals surface area contributed by atoms with Crippen molar-refractivity contribution in [2.45, 2.75) is 38.5 Å². The van der Waals surface area contributed by atoms with Crippen LogP contribution in [0, 0.1) is 0 Å². The first kappa shape index (κ1) is 8.48. The van der Waals surface area contributed by atoms with Crippen molar-refractivity contribution in [1.29, 1.82) is 0 Å². The Hall–Kier alpha value is -1.12. The Morgan fingerprint density at radius 2 is 2.15 bits per heavy atom. The molecule has 0 amide bonds. The summed E-state index contributed by atoms with van der Waals surface area (Å²) in [6, 6.07) is 0. The van der Waals surface area contributed by atoms with Gasteiger partial charge in [0.1, 0.15) is 5.82 Å². The minimum Gasteiger partial charge on any atom is -0.382 e. The van der Waals surface area contributed by atoms with E-state index in [1.165, 1.54) is 12.8 Å². The number of hydrogen-bond acceptors (Lipinski definition) is 3. The van der Waals surface area contributed by atoms with E-state index in [4.69, 9.17) is 5.73 Å². The molecule has 0 aliphatic heterocycles. The van der Waals surface area contributed by atoms with Gasteiger partial charge < -0.3 is 5.73 Å². The smallest absolute Gasteiger partial charge is 0.145 e. The van der Waals surface area contributed by atoms with Crippen LogP contribution in [0.2, 0.25) is 0 Å². The van der Waals surface area contributed by atoms with Crippen molar-refractivity contribution in [2.24, 2.45) is 0 Å². The number of hydrogen-bond donors (Lipinski definition) is 1. The van der Waals surface area contributed by atoms with Crippen molar-refractivity contribution in [2.75, 3.05) is 5.73 Å². The summed E-state index contributed by atoms with van der Waals surface area (Å²) < 4.78 is 0. The van der Waals surface area contributed by atoms with Crippen LogP contribution in [-0.4, -0.2) is 9.97 Å². The van der Waals surface area contributed by atoms with Gasteiger partial charge in [-0.3, -0.25) is 4.98 Å². The van der Waals surface area contributed by atoms with Crippen molar-refractivity contribution in [3.63, 3.8) is 0 Å². The molecular weight excluding hydrogens is 162 g/mol. The largest absolute Gasteiger partial charge is 0.382 e. The molecule has 1 aromatic heterocycles. The highest BCUT2D eigenvalue weighted by Gasteiger charge is 2.27. The van der Waals surface area contributed by atoms with Gasteiger partial charge in [0.25, 0.3) is 0 Å². The molecule has 0 saturated heterocycles. The summed E-state index contributed by atoms with van der Waals surface area (Å²) in [4.78, 5) is 8.72. The monoisotopic (exact) mass is 177 g/mol. The van der Waals surface area contributed by atoms with Gasteiger partial charge in [-0.2, -0.15) is 0 Å². The molecule has 0 aromatic carbocycles. The van der Waals surface area contributed by atoms with Crippen molar-refractivity contribution in [3.8, 4) is 0 Å². The molecule has 0 spiro atoms. The Balaban J connectivity index is 2.31. The number of anilines is 1. The van der Waals surface area contributed by atoms with E-state index in [0.29, 0.717) is 17.7 Å². The fraction of sp³-hybridized carbons (Fsp3) is 0.600. The van der Waals surface area contributed by atoms with Crippen LogP contribution in [-0.2, 0) is 0 Å². The molecule has 1 aliphatic rings. The van der Waals surface area contributed by atoms with E-state index in [1.54, 1.807) is 0 Å². The summed E-state index contributed by atoms with van der Waals surface area (Å²) >= 11 is 0. The second-order valence-electron chi connectivity index (χ2n) is 3.99. The maximum Gasteiger partial charge on any atom is 0.145 e. The minimum atomic E-state index is 0.406. The summed E-state index contributed by atoms with van der Waals surface area (Å²) in [5.41, 5.74) is 7.82. The lowest BCUT2D eigenvalue weighted by molar-refractivity contribution is 0.804. The molecule has 1 aromatic rings. The maximum atomic E-state index is 5.83. The maximum absolute atomic E-state index is 5.83. The molecule has 1 heterocycles. The van der Waals surface area contributed by atoms with Gasteiger partial charge in [-0.1, -0.05) is 13.8 Å². The highest BCUT2D eigenvalue weighted by molar-refractivity contribution is 5.39. The lowest BCUT2D eigenvalue weighted by atomic mass is 10.1. The first-order valence-corrected chi connectivity index (χ1v) is 4.80. The molecule has 1 fully saturated rings. The molecular formula is C10H15N3. The Bertz CT molecular complexity index is 316. The third-order valence-electron chi connectivity index (χ3n) is 2.40. The topological polar surface area (TPSA) is 51.8 Å². The lowest BCUT2D eigenvalue weighted by Crippen LogP contribution is -2.04. The third-order valence-corrected chi connectivity index (χ3v) is 2.40. The van der Waals surface area contributed by atoms with E-state index in [1.807, 2.05) is 6.20 Å². The van der Waals surface area contributed by atoms with Crippen molar-refractivity contribution >= 4 is 5.82 Å². The number of nitrogens with two attached hydrogens (primary N) is 1. The lowest BCUT2D eigenvalue weighted by Gasteiger charge is -2.07. The molecule has 70 valence electrons. The van der Waals surface area contributed by atoms with Crippen LogP contribution in [0.1, 0.15) is 49.9 Å². The fourth-order valence-corrected chi connectivity index (χ4v) is 1.38. The Morgan fingerprint density at radius 3 is 2.62 bits per heavy atom. The Morgan fingerprint density at radius 1 is 1.46 bits per heavy atom. The first-order chi connectivity index (χ1) is 6.18. The molecule has 1 aliphatic carbocycles. The van der Waals surface area contributed by atoms with Crippen molar-refractivity contribution < 1.29 is 0 Å². The summed E-state index contributed by atoms with van der Waals surface area (Å²) in [7, 11) is 0. The number of rotatable bonds is 2. The molecule has 2 rings (SSSR count). The van der Waals surface area contributed by atoms with Crippen LogP contribution in [0.4, 0.5) is 5.82 Å². The standard InChI is InChI=1S/C10H15N3/c1-6(2)8-5-12-9(7-3-4-7)10(11)13-8/h5-7H,3-4H2,1-2H3,(H2,11,13). The van der Waals surface area contributed by atoms with Crippen LogP contribution >= 0.6 is 0 Å². The Kier molecular flexibility index (Phi) is 1.94. The second kappa shape index (κ2) is 2.98. The van der Waals surface area contributed by atoms with Gasteiger partial charge in [0.2, 0.25) is 0 Å². The SMILES string of the molecule is CC(C)c1cnc(C2CC2)c(N)n1. The zero-order valence-electron chi connectivity index (χ0n) is 8.12. The number of nitrogen functional groups attached to an aromatic ring is 1. The van der Waals surface area contributed by atoms with Crippen LogP contribution in [0.15, 0.2) is 6.20 Å². The average molecular weight is 177 g/mol. The zero-order valence-corrected chi connectivity index (χ0v) is 8.12. The molecule has 0 atom stereocenters. The third kappa shape index (κ3) is 1.64. The van der Waals surface area contributed by atoms with Crippen molar-refractivity contribution in [1.82, 2.24) is 9.97 Å². The zero-order chi connectivity index (χ0) is 9.42. The van der Waals surface area contributed by atoms with Crippen LogP contribution < -0.4 is 5.73 Å². The second-order valence-corrected chi connectivity index (χ2v) is 3.99. The van der Waals surface area contributed by atoms with Crippen LogP contribution in [0.3, 0.4) is 0 Å². The molecule has 0 unspecified atom stereocenters. The molecule has 13 heavy (non-hydrogen) atoms. The predicted molar refractivity (Wildman–Crippen MR) is 52.5 cm³/mol. The van der Waals surface area contributed by atoms with Gasteiger partial charge in [0.15, 0.2) is 0 Å². The van der Waals surface area contributed by atoms with E-state index in [9.17, 15) is 0 Å². The van der Waals surface area contributed by atoms with E-state index in [-0.39, 0.29) is 0 Å². The van der Waals surface area contributed by atoms with Gasteiger partial charge >= 0.3 is 0 Å². The molecule has 1 saturated carbocycles. The number of nitrogens with zero attached hydrogens (tertiary/aromatic N) is 2. The van der Waals surface area contributed by atoms with E-state index < -0.39 is 0 Å². The summed E-state index contributed by atoms with van der Waals surface area (Å²) in [6.07, 6.45) is 4.30. The van der Waals surface area contributed by atoms with Gasteiger partial charge in [0, 0.05) is 12.1 Å². The first-order valence-electron chi connectivity index (χ1n) is 4.80. The molecule has 0 radical (unpaired) electrons. The van der Waals surface area contributed by atoms with Crippen molar-refractivity contribution in [3.05, 3.63) is 17.6 Å². The van der Waals surface area contributed by atoms with E-state index in [0.717, 1.165) is 11.4 Å². The summed E-state index contributed by atoms with van der Waals surface area (Å²) in [5, 5.41) is 0. The van der Waals surface area contributed by atoms with Crippen LogP contribution in [0.5, 0.6) is 0 Å². The molecule has 2 N–H and O–H groups in total. The fourth-order valence-electron chi connectivity index (χ4n) is 1.38. The van der Waals surface area contributed by atoms with Gasteiger partial charge in [-0.25, -0.2) is 4.98 Å². The molecule has 3 nitrogen and oxygen atoms in total. The summed E-state index contributed by atoms with van der Waals surface area (Å²) in [6.45, 7) is 4.19. The average Bonchev–Trinajstić information content (AvgIpc) is 2.87. The summed E-state index contributed by atoms with van der Waals surface area (Å²) in [5.74, 6) is 1.63. The Labute approximate surface area is 78.4 Å². The highest BCUT2D eigenvalue weighted by atomic mass is 14.9.